The van der Waals surface area contributed by atoms with Crippen molar-refractivity contribution in [1.29, 1.82) is 5.26 Å². The van der Waals surface area contributed by atoms with Crippen molar-refractivity contribution in [2.45, 2.75) is 6.92 Å². The van der Waals surface area contributed by atoms with Gasteiger partial charge in [-0.05, 0) is 55.0 Å². The zero-order valence-corrected chi connectivity index (χ0v) is 16.2. The second-order valence-corrected chi connectivity index (χ2v) is 6.30. The molecule has 0 spiro atoms. The summed E-state index contributed by atoms with van der Waals surface area (Å²) in [4.78, 5) is 34.1. The number of anilines is 1. The highest BCUT2D eigenvalue weighted by molar-refractivity contribution is 6.39. The van der Waals surface area contributed by atoms with Gasteiger partial charge in [0.05, 0.1) is 22.8 Å². The van der Waals surface area contributed by atoms with E-state index in [1.165, 1.54) is 42.6 Å². The highest BCUT2D eigenvalue weighted by Gasteiger charge is 2.14. The first kappa shape index (κ1) is 20.9. The average molecular weight is 417 g/mol. The number of hydrogen-bond donors (Lipinski definition) is 2. The number of rotatable bonds is 5. The molecular weight excluding hydrogens is 402 g/mol. The first-order chi connectivity index (χ1) is 14.9. The fourth-order valence-corrected chi connectivity index (χ4v) is 2.63. The number of nitro groups is 1. The molecule has 1 heterocycles. The van der Waals surface area contributed by atoms with Gasteiger partial charge in [0, 0.05) is 23.4 Å². The summed E-state index contributed by atoms with van der Waals surface area (Å²) < 4.78 is 5.61. The Kier molecular flexibility index (Phi) is 6.18. The molecule has 0 aliphatic rings. The second kappa shape index (κ2) is 9.15. The maximum absolute atomic E-state index is 11.9. The molecule has 1 aromatic heterocycles. The van der Waals surface area contributed by atoms with E-state index in [-0.39, 0.29) is 5.69 Å². The standard InChI is InChI=1S/C21H15N5O5/c1-13-10-16(26(29)30)6-8-18(13)19-9-7-17(31-19)12-23-25-21(28)20(27)24-15-4-2-14(11-22)3-5-15/h2-10,12H,1H3,(H,24,27)(H,25,28)/b23-12+. The summed E-state index contributed by atoms with van der Waals surface area (Å²) in [6.45, 7) is 1.73. The van der Waals surface area contributed by atoms with Gasteiger partial charge < -0.3 is 9.73 Å². The van der Waals surface area contributed by atoms with Crippen LogP contribution in [-0.4, -0.2) is 23.0 Å². The number of aryl methyl sites for hydroxylation is 1. The Balaban J connectivity index is 1.59. The Hall–Kier alpha value is -4.78. The van der Waals surface area contributed by atoms with E-state index in [2.05, 4.69) is 15.8 Å². The number of nitrogens with zero attached hydrogens (tertiary/aromatic N) is 3. The van der Waals surface area contributed by atoms with E-state index in [0.29, 0.717) is 33.9 Å². The number of nitro benzene ring substituents is 1. The number of carbonyl (C=O) groups excluding carboxylic acids is 2. The summed E-state index contributed by atoms with van der Waals surface area (Å²) in [6, 6.07) is 15.6. The van der Waals surface area contributed by atoms with Crippen molar-refractivity contribution in [3.8, 4) is 17.4 Å². The highest BCUT2D eigenvalue weighted by Crippen LogP contribution is 2.28. The first-order valence-corrected chi connectivity index (χ1v) is 8.87. The van der Waals surface area contributed by atoms with Crippen molar-refractivity contribution in [3.63, 3.8) is 0 Å². The summed E-state index contributed by atoms with van der Waals surface area (Å²) in [5.41, 5.74) is 4.19. The lowest BCUT2D eigenvalue weighted by atomic mass is 10.1. The predicted octanol–water partition coefficient (Wildman–Crippen LogP) is 3.12. The molecule has 3 aromatic rings. The predicted molar refractivity (Wildman–Crippen MR) is 111 cm³/mol. The van der Waals surface area contributed by atoms with E-state index >= 15 is 0 Å². The Bertz CT molecular complexity index is 1220. The second-order valence-electron chi connectivity index (χ2n) is 6.30. The molecule has 2 N–H and O–H groups in total. The van der Waals surface area contributed by atoms with Gasteiger partial charge in [-0.3, -0.25) is 19.7 Å². The number of amides is 2. The van der Waals surface area contributed by atoms with Crippen LogP contribution in [0.15, 0.2) is 64.1 Å². The number of carbonyl (C=O) groups is 2. The van der Waals surface area contributed by atoms with Gasteiger partial charge in [-0.1, -0.05) is 0 Å². The molecule has 2 amide bonds. The average Bonchev–Trinajstić information content (AvgIpc) is 3.22. The first-order valence-electron chi connectivity index (χ1n) is 8.87. The van der Waals surface area contributed by atoms with Crippen LogP contribution >= 0.6 is 0 Å². The highest BCUT2D eigenvalue weighted by atomic mass is 16.6. The molecule has 10 nitrogen and oxygen atoms in total. The monoisotopic (exact) mass is 417 g/mol. The molecular formula is C21H15N5O5. The smallest absolute Gasteiger partial charge is 0.329 e. The minimum Gasteiger partial charge on any atom is -0.455 e. The molecule has 0 aliphatic carbocycles. The number of nitrogens with one attached hydrogen (secondary N) is 2. The third-order valence-corrected chi connectivity index (χ3v) is 4.15. The van der Waals surface area contributed by atoms with Crippen LogP contribution in [0.1, 0.15) is 16.9 Å². The minimum absolute atomic E-state index is 0.0170. The summed E-state index contributed by atoms with van der Waals surface area (Å²) in [7, 11) is 0. The molecule has 2 aromatic carbocycles. The third kappa shape index (κ3) is 5.18. The van der Waals surface area contributed by atoms with E-state index in [1.807, 2.05) is 6.07 Å². The summed E-state index contributed by atoms with van der Waals surface area (Å²) >= 11 is 0. The van der Waals surface area contributed by atoms with E-state index in [4.69, 9.17) is 9.68 Å². The number of nitriles is 1. The molecule has 10 heteroatoms. The van der Waals surface area contributed by atoms with Crippen molar-refractivity contribution in [3.05, 3.63) is 81.6 Å². The molecule has 0 saturated heterocycles. The van der Waals surface area contributed by atoms with Gasteiger partial charge >= 0.3 is 11.8 Å². The van der Waals surface area contributed by atoms with Gasteiger partial charge in [0.25, 0.3) is 5.69 Å². The fraction of sp³-hybridized carbons (Fsp3) is 0.0476. The Morgan fingerprint density at radius 1 is 1.13 bits per heavy atom. The van der Waals surface area contributed by atoms with Crippen molar-refractivity contribution >= 4 is 29.4 Å². The van der Waals surface area contributed by atoms with Crippen molar-refractivity contribution in [2.24, 2.45) is 5.10 Å². The Morgan fingerprint density at radius 3 is 2.52 bits per heavy atom. The quantitative estimate of drug-likeness (QED) is 0.282. The van der Waals surface area contributed by atoms with E-state index in [9.17, 15) is 19.7 Å². The number of furan rings is 1. The largest absolute Gasteiger partial charge is 0.455 e. The summed E-state index contributed by atoms with van der Waals surface area (Å²) in [5.74, 6) is -1.14. The summed E-state index contributed by atoms with van der Waals surface area (Å²) in [5, 5.41) is 25.7. The van der Waals surface area contributed by atoms with Crippen LogP contribution < -0.4 is 10.7 Å². The summed E-state index contributed by atoms with van der Waals surface area (Å²) in [6.07, 6.45) is 1.22. The molecule has 0 saturated carbocycles. The number of hydrazone groups is 1. The Labute approximate surface area is 175 Å². The topological polar surface area (TPSA) is 151 Å². The van der Waals surface area contributed by atoms with Crippen molar-refractivity contribution in [1.82, 2.24) is 5.43 Å². The molecule has 0 unspecified atom stereocenters. The van der Waals surface area contributed by atoms with Crippen LogP contribution in [0.25, 0.3) is 11.3 Å². The lowest BCUT2D eigenvalue weighted by Gasteiger charge is -2.03. The molecule has 0 bridgehead atoms. The van der Waals surface area contributed by atoms with E-state index in [1.54, 1.807) is 25.1 Å². The fourth-order valence-electron chi connectivity index (χ4n) is 2.63. The van der Waals surface area contributed by atoms with Crippen LogP contribution in [0.2, 0.25) is 0 Å². The minimum atomic E-state index is -0.987. The number of non-ortho nitro benzene ring substituents is 1. The molecule has 0 radical (unpaired) electrons. The van der Waals surface area contributed by atoms with Crippen LogP contribution in [-0.2, 0) is 9.59 Å². The maximum atomic E-state index is 11.9. The zero-order chi connectivity index (χ0) is 22.4. The maximum Gasteiger partial charge on any atom is 0.329 e. The van der Waals surface area contributed by atoms with Gasteiger partial charge in [-0.15, -0.1) is 0 Å². The van der Waals surface area contributed by atoms with Gasteiger partial charge in [-0.25, -0.2) is 5.43 Å². The van der Waals surface area contributed by atoms with Crippen LogP contribution in [0.4, 0.5) is 11.4 Å². The van der Waals surface area contributed by atoms with E-state index in [0.717, 1.165) is 0 Å². The van der Waals surface area contributed by atoms with Gasteiger partial charge in [-0.2, -0.15) is 10.4 Å². The van der Waals surface area contributed by atoms with E-state index < -0.39 is 16.7 Å². The van der Waals surface area contributed by atoms with Gasteiger partial charge in [0.15, 0.2) is 0 Å². The molecule has 0 atom stereocenters. The molecule has 0 aliphatic heterocycles. The third-order valence-electron chi connectivity index (χ3n) is 4.15. The van der Waals surface area contributed by atoms with Crippen molar-refractivity contribution < 1.29 is 18.9 Å². The Morgan fingerprint density at radius 2 is 1.87 bits per heavy atom. The molecule has 3 rings (SSSR count). The van der Waals surface area contributed by atoms with Gasteiger partial charge in [0.1, 0.15) is 11.5 Å². The van der Waals surface area contributed by atoms with Crippen LogP contribution in [0.3, 0.4) is 0 Å². The molecule has 31 heavy (non-hydrogen) atoms. The normalized spacial score (nSPS) is 10.5. The van der Waals surface area contributed by atoms with Crippen molar-refractivity contribution in [2.75, 3.05) is 5.32 Å². The lowest BCUT2D eigenvalue weighted by Crippen LogP contribution is -2.32. The van der Waals surface area contributed by atoms with Crippen LogP contribution in [0.5, 0.6) is 0 Å². The van der Waals surface area contributed by atoms with Gasteiger partial charge in [0.2, 0.25) is 0 Å². The molecule has 0 fully saturated rings. The SMILES string of the molecule is Cc1cc([N+](=O)[O-])ccc1-c1ccc(/C=N/NC(=O)C(=O)Nc2ccc(C#N)cc2)o1. The molecule has 154 valence electrons. The zero-order valence-electron chi connectivity index (χ0n) is 16.2. The number of benzene rings is 2. The number of hydrogen-bond acceptors (Lipinski definition) is 7. The lowest BCUT2D eigenvalue weighted by molar-refractivity contribution is -0.384. The van der Waals surface area contributed by atoms with Crippen LogP contribution in [0, 0.1) is 28.4 Å².